The molecule has 6 aliphatic rings. The van der Waals surface area contributed by atoms with E-state index in [0.717, 1.165) is 0 Å². The summed E-state index contributed by atoms with van der Waals surface area (Å²) in [5.41, 5.74) is 1.20. The van der Waals surface area contributed by atoms with Crippen molar-refractivity contribution in [2.75, 3.05) is 26.4 Å². The Balaban J connectivity index is 0.916. The molecule has 0 N–H and O–H groups in total. The molecule has 0 radical (unpaired) electrons. The number of epoxide rings is 2. The zero-order valence-corrected chi connectivity index (χ0v) is 26.0. The fraction of sp³-hybridized carbons (Fsp3) is 0.647. The molecule has 0 aromatic rings. The van der Waals surface area contributed by atoms with E-state index in [0.29, 0.717) is 73.7 Å². The average Bonchev–Trinajstić information content (AvgIpc) is 3.82. The van der Waals surface area contributed by atoms with Crippen molar-refractivity contribution in [3.63, 3.8) is 0 Å². The van der Waals surface area contributed by atoms with Crippen LogP contribution in [0.5, 0.6) is 0 Å². The third-order valence-electron chi connectivity index (χ3n) is 10.1. The van der Waals surface area contributed by atoms with E-state index in [1.807, 2.05) is 26.0 Å². The Bertz CT molecular complexity index is 1250. The van der Waals surface area contributed by atoms with E-state index in [-0.39, 0.29) is 73.9 Å². The van der Waals surface area contributed by atoms with Gasteiger partial charge in [-0.3, -0.25) is 0 Å². The summed E-state index contributed by atoms with van der Waals surface area (Å²) in [6.07, 6.45) is 7.46. The number of hydrogen-bond donors (Lipinski definition) is 0. The molecule has 0 amide bonds. The van der Waals surface area contributed by atoms with Gasteiger partial charge in [-0.15, -0.1) is 0 Å². The molecule has 0 spiro atoms. The highest BCUT2D eigenvalue weighted by Crippen LogP contribution is 2.51. The van der Waals surface area contributed by atoms with E-state index in [2.05, 4.69) is 13.2 Å². The lowest BCUT2D eigenvalue weighted by molar-refractivity contribution is -0.143. The SMILES string of the molecule is C=C1C(=O)O[C@@H]2[C@H]3O[C@]3(C)CC/C=C(/C(=O)OCCOCCOC(=O)/C3=C/CC[C@@]4(C)O[C@@H]4[C@H]4OC(=O)C(=C)[C@@H]4CC3)CC[C@@H]12. The van der Waals surface area contributed by atoms with Gasteiger partial charge in [0.05, 0.1) is 24.4 Å². The normalized spacial score (nSPS) is 39.7. The second kappa shape index (κ2) is 12.5. The minimum Gasteiger partial charge on any atom is -0.460 e. The van der Waals surface area contributed by atoms with Gasteiger partial charge in [-0.1, -0.05) is 25.3 Å². The monoisotopic (exact) mass is 626 g/mol. The van der Waals surface area contributed by atoms with Crippen LogP contribution in [0.3, 0.4) is 0 Å². The fourth-order valence-electron chi connectivity index (χ4n) is 7.17. The maximum atomic E-state index is 12.9. The molecule has 0 aromatic heterocycles. The van der Waals surface area contributed by atoms with Crippen molar-refractivity contribution in [1.29, 1.82) is 0 Å². The molecule has 0 bridgehead atoms. The van der Waals surface area contributed by atoms with E-state index < -0.39 is 23.9 Å². The van der Waals surface area contributed by atoms with Crippen molar-refractivity contribution in [2.24, 2.45) is 11.8 Å². The number of allylic oxidation sites excluding steroid dienone is 2. The van der Waals surface area contributed by atoms with E-state index in [1.165, 1.54) is 0 Å². The molecule has 4 fully saturated rings. The van der Waals surface area contributed by atoms with Gasteiger partial charge in [0.25, 0.3) is 0 Å². The van der Waals surface area contributed by atoms with Gasteiger partial charge in [-0.2, -0.15) is 0 Å². The molecule has 2 aliphatic carbocycles. The van der Waals surface area contributed by atoms with Gasteiger partial charge >= 0.3 is 23.9 Å². The summed E-state index contributed by atoms with van der Waals surface area (Å²) in [7, 11) is 0. The number of ether oxygens (including phenoxy) is 7. The van der Waals surface area contributed by atoms with Crippen LogP contribution in [0.25, 0.3) is 0 Å². The van der Waals surface area contributed by atoms with E-state index >= 15 is 0 Å². The molecular formula is C34H42O11. The first-order valence-corrected chi connectivity index (χ1v) is 16.0. The van der Waals surface area contributed by atoms with Gasteiger partial charge in [0.15, 0.2) is 0 Å². The van der Waals surface area contributed by atoms with Crippen LogP contribution in [0.2, 0.25) is 0 Å². The standard InChI is InChI=1S/C34H42O11/c1-19-23-11-9-21(7-5-13-33(3)27(44-33)25(23)42-29(19)35)31(37)40-17-15-39-16-18-41-32(38)22-8-6-14-34(4)28(45-34)26-24(12-10-22)20(2)30(36)43-26/h7-8,23-28H,1-2,5-6,9-18H2,3-4H3/b21-7+,22-8+/t23-,24-,25-,26-,27+,28+,33+,34+/m0/s1. The number of esters is 4. The van der Waals surface area contributed by atoms with Crippen LogP contribution >= 0.6 is 0 Å². The number of rotatable bonds is 8. The molecule has 11 heteroatoms. The molecule has 0 unspecified atom stereocenters. The number of hydrogen-bond acceptors (Lipinski definition) is 11. The molecule has 244 valence electrons. The number of fused-ring (bicyclic) bond motifs is 6. The molecule has 4 heterocycles. The molecular weight excluding hydrogens is 584 g/mol. The zero-order chi connectivity index (χ0) is 31.9. The van der Waals surface area contributed by atoms with Crippen molar-refractivity contribution in [2.45, 2.75) is 101 Å². The van der Waals surface area contributed by atoms with Crippen LogP contribution in [0.1, 0.15) is 65.2 Å². The molecule has 8 atom stereocenters. The van der Waals surface area contributed by atoms with Gasteiger partial charge in [0, 0.05) is 34.1 Å². The minimum atomic E-state index is -0.421. The summed E-state index contributed by atoms with van der Waals surface area (Å²) in [4.78, 5) is 50.1. The molecule has 4 saturated heterocycles. The van der Waals surface area contributed by atoms with Crippen molar-refractivity contribution >= 4 is 23.9 Å². The second-order valence-electron chi connectivity index (χ2n) is 13.2. The van der Waals surface area contributed by atoms with Gasteiger partial charge in [0.1, 0.15) is 37.6 Å². The lowest BCUT2D eigenvalue weighted by atomic mass is 9.84. The molecule has 4 aliphatic heterocycles. The van der Waals surface area contributed by atoms with E-state index in [1.54, 1.807) is 0 Å². The Morgan fingerprint density at radius 3 is 1.60 bits per heavy atom. The highest BCUT2D eigenvalue weighted by molar-refractivity contribution is 5.92. The summed E-state index contributed by atoms with van der Waals surface area (Å²) in [6, 6.07) is 0. The smallest absolute Gasteiger partial charge is 0.334 e. The Morgan fingerprint density at radius 2 is 1.18 bits per heavy atom. The van der Waals surface area contributed by atoms with Crippen LogP contribution in [0.4, 0.5) is 0 Å². The van der Waals surface area contributed by atoms with Crippen LogP contribution in [-0.4, -0.2) is 85.9 Å². The summed E-state index contributed by atoms with van der Waals surface area (Å²) in [5.74, 6) is -2.03. The molecule has 0 aromatic carbocycles. The highest BCUT2D eigenvalue weighted by Gasteiger charge is 2.62. The summed E-state index contributed by atoms with van der Waals surface area (Å²) in [5, 5.41) is 0. The lowest BCUT2D eigenvalue weighted by Crippen LogP contribution is -2.29. The van der Waals surface area contributed by atoms with Crippen LogP contribution in [0.15, 0.2) is 47.6 Å². The summed E-state index contributed by atoms with van der Waals surface area (Å²) < 4.78 is 39.4. The molecule has 45 heavy (non-hydrogen) atoms. The molecule has 11 nitrogen and oxygen atoms in total. The quantitative estimate of drug-likeness (QED) is 0.128. The fourth-order valence-corrected chi connectivity index (χ4v) is 7.17. The zero-order valence-electron chi connectivity index (χ0n) is 26.0. The number of carbonyl (C=O) groups excluding carboxylic acids is 4. The Morgan fingerprint density at radius 1 is 0.756 bits per heavy atom. The maximum absolute atomic E-state index is 12.9. The van der Waals surface area contributed by atoms with Crippen molar-refractivity contribution in [3.05, 3.63) is 47.6 Å². The number of carbonyl (C=O) groups is 4. The molecule has 0 saturated carbocycles. The van der Waals surface area contributed by atoms with E-state index in [4.69, 9.17) is 33.2 Å². The first kappa shape index (κ1) is 31.7. The largest absolute Gasteiger partial charge is 0.460 e. The topological polar surface area (TPSA) is 139 Å². The van der Waals surface area contributed by atoms with Crippen LogP contribution < -0.4 is 0 Å². The first-order chi connectivity index (χ1) is 21.5. The maximum Gasteiger partial charge on any atom is 0.334 e. The lowest BCUT2D eigenvalue weighted by Gasteiger charge is -2.19. The Labute approximate surface area is 262 Å². The van der Waals surface area contributed by atoms with Gasteiger partial charge in [-0.05, 0) is 65.2 Å². The summed E-state index contributed by atoms with van der Waals surface area (Å²) in [6.45, 7) is 12.2. The highest BCUT2D eigenvalue weighted by atomic mass is 16.7. The van der Waals surface area contributed by atoms with Gasteiger partial charge < -0.3 is 33.2 Å². The summed E-state index contributed by atoms with van der Waals surface area (Å²) >= 11 is 0. The Hall–Kier alpha value is -3.28. The third kappa shape index (κ3) is 6.53. The first-order valence-electron chi connectivity index (χ1n) is 16.0. The third-order valence-corrected chi connectivity index (χ3v) is 10.1. The van der Waals surface area contributed by atoms with Gasteiger partial charge in [0.2, 0.25) is 0 Å². The van der Waals surface area contributed by atoms with Crippen molar-refractivity contribution in [3.8, 4) is 0 Å². The molecule has 6 rings (SSSR count). The van der Waals surface area contributed by atoms with Crippen molar-refractivity contribution in [1.82, 2.24) is 0 Å². The predicted octanol–water partition coefficient (Wildman–Crippen LogP) is 3.60. The average molecular weight is 627 g/mol. The van der Waals surface area contributed by atoms with E-state index in [9.17, 15) is 19.2 Å². The van der Waals surface area contributed by atoms with Gasteiger partial charge in [-0.25, -0.2) is 19.2 Å². The second-order valence-corrected chi connectivity index (χ2v) is 13.2. The minimum absolute atomic E-state index is 0.0492. The predicted molar refractivity (Wildman–Crippen MR) is 157 cm³/mol. The Kier molecular flexibility index (Phi) is 8.80. The van der Waals surface area contributed by atoms with Crippen LogP contribution in [0, 0.1) is 11.8 Å². The van der Waals surface area contributed by atoms with Crippen molar-refractivity contribution < 1.29 is 52.3 Å². The van der Waals surface area contributed by atoms with Crippen LogP contribution in [-0.2, 0) is 52.3 Å².